The Balaban J connectivity index is 1.89. The summed E-state index contributed by atoms with van der Waals surface area (Å²) in [5.74, 6) is 0.672. The number of aromatic nitrogens is 3. The Labute approximate surface area is 171 Å². The molecule has 0 bridgehead atoms. The minimum atomic E-state index is 0.135. The van der Waals surface area contributed by atoms with Crippen molar-refractivity contribution in [3.63, 3.8) is 0 Å². The minimum absolute atomic E-state index is 0.135. The van der Waals surface area contributed by atoms with Gasteiger partial charge in [-0.2, -0.15) is 0 Å². The van der Waals surface area contributed by atoms with Crippen molar-refractivity contribution in [2.24, 2.45) is 0 Å². The molecule has 0 saturated carbocycles. The Morgan fingerprint density at radius 2 is 1.81 bits per heavy atom. The Morgan fingerprint density at radius 3 is 2.42 bits per heavy atom. The second-order valence-corrected chi connectivity index (χ2v) is 9.04. The molecular formula is C19H19BrClN3OS. The van der Waals surface area contributed by atoms with Crippen LogP contribution in [-0.2, 0) is 5.41 Å². The summed E-state index contributed by atoms with van der Waals surface area (Å²) in [4.78, 5) is 1.10. The molecule has 0 atom stereocenters. The zero-order valence-electron chi connectivity index (χ0n) is 15.0. The van der Waals surface area contributed by atoms with Gasteiger partial charge < -0.3 is 4.74 Å². The predicted molar refractivity (Wildman–Crippen MR) is 110 cm³/mol. The summed E-state index contributed by atoms with van der Waals surface area (Å²) in [7, 11) is 1.62. The van der Waals surface area contributed by atoms with Gasteiger partial charge in [0.15, 0.2) is 5.03 Å². The van der Waals surface area contributed by atoms with E-state index in [4.69, 9.17) is 16.3 Å². The maximum atomic E-state index is 6.13. The van der Waals surface area contributed by atoms with Gasteiger partial charge in [-0.05, 0) is 57.2 Å². The summed E-state index contributed by atoms with van der Waals surface area (Å²) in [5.41, 5.74) is 2.17. The molecule has 0 amide bonds. The highest BCUT2D eigenvalue weighted by Crippen LogP contribution is 2.36. The normalized spacial score (nSPS) is 11.6. The van der Waals surface area contributed by atoms with Gasteiger partial charge in [0.1, 0.15) is 16.0 Å². The van der Waals surface area contributed by atoms with Crippen LogP contribution in [0.25, 0.3) is 5.69 Å². The Bertz CT molecular complexity index is 920. The fourth-order valence-electron chi connectivity index (χ4n) is 2.44. The second kappa shape index (κ2) is 7.62. The van der Waals surface area contributed by atoms with E-state index in [-0.39, 0.29) is 5.41 Å². The average molecular weight is 453 g/mol. The number of hydrogen-bond acceptors (Lipinski definition) is 4. The van der Waals surface area contributed by atoms with Gasteiger partial charge >= 0.3 is 0 Å². The molecule has 0 unspecified atom stereocenters. The van der Waals surface area contributed by atoms with Crippen LogP contribution in [0, 0.1) is 0 Å². The quantitative estimate of drug-likeness (QED) is 0.476. The molecule has 1 heterocycles. The first-order chi connectivity index (χ1) is 12.3. The number of ether oxygens (including phenoxy) is 1. The SMILES string of the molecule is COc1ccc(Cl)cc1-n1nnc(Sc2ccc(C(C)(C)C)cc2)c1Br. The van der Waals surface area contributed by atoms with E-state index in [0.29, 0.717) is 10.8 Å². The fourth-order valence-corrected chi connectivity index (χ4v) is 3.93. The standard InChI is InChI=1S/C19H19BrClN3OS/c1-19(2,3)12-5-8-14(9-6-12)26-18-17(20)24(23-22-18)15-11-13(21)7-10-16(15)25-4/h5-11H,1-4H3. The molecule has 7 heteroatoms. The van der Waals surface area contributed by atoms with Crippen molar-refractivity contribution in [1.29, 1.82) is 0 Å². The van der Waals surface area contributed by atoms with Crippen LogP contribution < -0.4 is 4.74 Å². The molecule has 26 heavy (non-hydrogen) atoms. The molecule has 0 fully saturated rings. The van der Waals surface area contributed by atoms with Crippen LogP contribution in [0.3, 0.4) is 0 Å². The number of methoxy groups -OCH3 is 1. The first-order valence-corrected chi connectivity index (χ1v) is 10.0. The third kappa shape index (κ3) is 4.08. The van der Waals surface area contributed by atoms with Crippen molar-refractivity contribution in [2.45, 2.75) is 36.1 Å². The Hall–Kier alpha value is -1.50. The third-order valence-corrected chi connectivity index (χ3v) is 6.08. The summed E-state index contributed by atoms with van der Waals surface area (Å²) >= 11 is 11.3. The highest BCUT2D eigenvalue weighted by Gasteiger charge is 2.17. The second-order valence-electron chi connectivity index (χ2n) is 6.79. The summed E-state index contributed by atoms with van der Waals surface area (Å²) in [5, 5.41) is 9.92. The first-order valence-electron chi connectivity index (χ1n) is 8.03. The Kier molecular flexibility index (Phi) is 5.65. The molecule has 0 aliphatic rings. The highest BCUT2D eigenvalue weighted by atomic mass is 79.9. The van der Waals surface area contributed by atoms with Crippen LogP contribution in [0.1, 0.15) is 26.3 Å². The van der Waals surface area contributed by atoms with Crippen molar-refractivity contribution in [3.05, 3.63) is 57.7 Å². The number of rotatable bonds is 4. The number of halogens is 2. The van der Waals surface area contributed by atoms with Crippen LogP contribution in [0.15, 0.2) is 57.0 Å². The van der Waals surface area contributed by atoms with E-state index in [1.54, 1.807) is 35.7 Å². The molecule has 4 nitrogen and oxygen atoms in total. The average Bonchev–Trinajstić information content (AvgIpc) is 2.95. The molecule has 0 aliphatic carbocycles. The van der Waals surface area contributed by atoms with Crippen molar-refractivity contribution in [1.82, 2.24) is 15.0 Å². The molecule has 0 spiro atoms. The van der Waals surface area contributed by atoms with E-state index in [0.717, 1.165) is 20.2 Å². The van der Waals surface area contributed by atoms with Crippen molar-refractivity contribution >= 4 is 39.3 Å². The lowest BCUT2D eigenvalue weighted by Crippen LogP contribution is -2.10. The molecule has 3 rings (SSSR count). The molecule has 136 valence electrons. The van der Waals surface area contributed by atoms with E-state index in [2.05, 4.69) is 71.3 Å². The van der Waals surface area contributed by atoms with Crippen molar-refractivity contribution < 1.29 is 4.74 Å². The van der Waals surface area contributed by atoms with Gasteiger partial charge in [0.25, 0.3) is 0 Å². The molecular weight excluding hydrogens is 434 g/mol. The fraction of sp³-hybridized carbons (Fsp3) is 0.263. The summed E-state index contributed by atoms with van der Waals surface area (Å²) in [6.45, 7) is 6.61. The number of nitrogens with zero attached hydrogens (tertiary/aromatic N) is 3. The van der Waals surface area contributed by atoms with E-state index >= 15 is 0 Å². The topological polar surface area (TPSA) is 39.9 Å². The van der Waals surface area contributed by atoms with Crippen LogP contribution in [-0.4, -0.2) is 22.1 Å². The van der Waals surface area contributed by atoms with Crippen LogP contribution in [0.5, 0.6) is 5.75 Å². The maximum Gasteiger partial charge on any atom is 0.158 e. The lowest BCUT2D eigenvalue weighted by atomic mass is 9.87. The zero-order valence-corrected chi connectivity index (χ0v) is 18.1. The van der Waals surface area contributed by atoms with Crippen molar-refractivity contribution in [3.8, 4) is 11.4 Å². The third-order valence-electron chi connectivity index (χ3n) is 3.89. The van der Waals surface area contributed by atoms with E-state index in [1.807, 2.05) is 6.07 Å². The zero-order chi connectivity index (χ0) is 18.9. The van der Waals surface area contributed by atoms with Gasteiger partial charge in [0, 0.05) is 9.92 Å². The van der Waals surface area contributed by atoms with Gasteiger partial charge in [-0.1, -0.05) is 61.5 Å². The Morgan fingerprint density at radius 1 is 1.12 bits per heavy atom. The van der Waals surface area contributed by atoms with Gasteiger partial charge in [0.05, 0.1) is 7.11 Å². The molecule has 0 N–H and O–H groups in total. The highest BCUT2D eigenvalue weighted by molar-refractivity contribution is 9.10. The molecule has 0 aliphatic heterocycles. The lowest BCUT2D eigenvalue weighted by Gasteiger charge is -2.18. The first kappa shape index (κ1) is 19.3. The smallest absolute Gasteiger partial charge is 0.158 e. The predicted octanol–water partition coefficient (Wildman–Crippen LogP) is 6.14. The molecule has 2 aromatic carbocycles. The minimum Gasteiger partial charge on any atom is -0.494 e. The monoisotopic (exact) mass is 451 g/mol. The van der Waals surface area contributed by atoms with Crippen LogP contribution in [0.4, 0.5) is 0 Å². The van der Waals surface area contributed by atoms with E-state index in [1.165, 1.54) is 5.56 Å². The summed E-state index contributed by atoms with van der Waals surface area (Å²) in [6, 6.07) is 13.9. The van der Waals surface area contributed by atoms with Gasteiger partial charge in [-0.25, -0.2) is 4.68 Å². The summed E-state index contributed by atoms with van der Waals surface area (Å²) in [6.07, 6.45) is 0. The molecule has 1 aromatic heterocycles. The molecule has 0 radical (unpaired) electrons. The summed E-state index contributed by atoms with van der Waals surface area (Å²) < 4.78 is 7.84. The number of hydrogen-bond donors (Lipinski definition) is 0. The van der Waals surface area contributed by atoms with Crippen LogP contribution >= 0.6 is 39.3 Å². The lowest BCUT2D eigenvalue weighted by molar-refractivity contribution is 0.411. The van der Waals surface area contributed by atoms with E-state index < -0.39 is 0 Å². The van der Waals surface area contributed by atoms with Gasteiger partial charge in [-0.15, -0.1) is 5.10 Å². The molecule has 3 aromatic rings. The maximum absolute atomic E-state index is 6.13. The number of benzene rings is 2. The van der Waals surface area contributed by atoms with Gasteiger partial charge in [-0.3, -0.25) is 0 Å². The van der Waals surface area contributed by atoms with Crippen LogP contribution in [0.2, 0.25) is 5.02 Å². The van der Waals surface area contributed by atoms with E-state index in [9.17, 15) is 0 Å². The largest absolute Gasteiger partial charge is 0.494 e. The molecule has 0 saturated heterocycles. The van der Waals surface area contributed by atoms with Gasteiger partial charge in [0.2, 0.25) is 0 Å². The van der Waals surface area contributed by atoms with Crippen molar-refractivity contribution in [2.75, 3.05) is 7.11 Å².